The number of carbonyl (C=O) groups excluding carboxylic acids is 3. The minimum atomic E-state index is -0.852. The predicted octanol–water partition coefficient (Wildman–Crippen LogP) is 4.49. The van der Waals surface area contributed by atoms with Crippen LogP contribution in [-0.4, -0.2) is 57.9 Å². The number of aromatic nitrogens is 2. The normalized spacial score (nSPS) is 12.4. The van der Waals surface area contributed by atoms with Crippen LogP contribution in [0.25, 0.3) is 10.8 Å². The Morgan fingerprint density at radius 3 is 2.20 bits per heavy atom. The Bertz CT molecular complexity index is 1560. The van der Waals surface area contributed by atoms with Gasteiger partial charge in [-0.3, -0.25) is 14.4 Å². The van der Waals surface area contributed by atoms with E-state index in [0.29, 0.717) is 12.8 Å². The summed E-state index contributed by atoms with van der Waals surface area (Å²) in [7, 11) is 3.30. The first-order valence-electron chi connectivity index (χ1n) is 13.4. The van der Waals surface area contributed by atoms with Gasteiger partial charge >= 0.3 is 11.8 Å². The van der Waals surface area contributed by atoms with Gasteiger partial charge in [0.2, 0.25) is 17.7 Å². The number of likely N-dealkylation sites (N-methyl/N-ethyl adjacent to an activating group) is 2. The number of hydrogen-bond donors (Lipinski definition) is 1. The summed E-state index contributed by atoms with van der Waals surface area (Å²) in [6.45, 7) is 3.86. The van der Waals surface area contributed by atoms with Crippen molar-refractivity contribution >= 4 is 28.5 Å². The third-order valence-electron chi connectivity index (χ3n) is 7.10. The van der Waals surface area contributed by atoms with Gasteiger partial charge in [0.25, 0.3) is 0 Å². The molecule has 2 atom stereocenters. The summed E-state index contributed by atoms with van der Waals surface area (Å²) in [6, 6.07) is 22.1. The Balaban J connectivity index is 1.70. The van der Waals surface area contributed by atoms with Gasteiger partial charge in [0, 0.05) is 33.4 Å². The molecule has 0 saturated carbocycles. The van der Waals surface area contributed by atoms with Gasteiger partial charge in [-0.05, 0) is 35.7 Å². The van der Waals surface area contributed by atoms with E-state index in [9.17, 15) is 14.4 Å². The van der Waals surface area contributed by atoms with Crippen LogP contribution in [0.2, 0.25) is 0 Å². The predicted molar refractivity (Wildman–Crippen MR) is 157 cm³/mol. The number of fused-ring (bicyclic) bond motifs is 1. The van der Waals surface area contributed by atoms with Gasteiger partial charge < -0.3 is 20.0 Å². The van der Waals surface area contributed by atoms with Crippen molar-refractivity contribution in [2.75, 3.05) is 14.1 Å². The standard InChI is InChI=1S/C32H35N5O4/c1-21(2)14-17-28(38)36(3)27(20-23-15-16-24-12-8-9-13-25(24)18-23)32(40)37(4)26(19-22-10-6-5-7-11-22)30-34-35-31(41-30)29(33)39/h5-16,18,26-27H,17,19-20H2,1-4H3,(H2,33,39)/t26-,27-/m1/s1. The summed E-state index contributed by atoms with van der Waals surface area (Å²) in [6.07, 6.45) is 2.69. The highest BCUT2D eigenvalue weighted by molar-refractivity contribution is 5.89. The fourth-order valence-corrected chi connectivity index (χ4v) is 4.67. The maximum Gasteiger partial charge on any atom is 0.306 e. The summed E-state index contributed by atoms with van der Waals surface area (Å²) >= 11 is 0. The zero-order valence-corrected chi connectivity index (χ0v) is 23.8. The second kappa shape index (κ2) is 13.0. The zero-order valence-electron chi connectivity index (χ0n) is 23.8. The maximum absolute atomic E-state index is 14.3. The Hall–Kier alpha value is -4.79. The Labute approximate surface area is 239 Å². The van der Waals surface area contributed by atoms with Crippen LogP contribution < -0.4 is 5.73 Å². The zero-order chi connectivity index (χ0) is 29.5. The van der Waals surface area contributed by atoms with Crippen LogP contribution in [0.1, 0.15) is 54.0 Å². The molecule has 0 bridgehead atoms. The van der Waals surface area contributed by atoms with Gasteiger partial charge in [-0.2, -0.15) is 0 Å². The van der Waals surface area contributed by atoms with Crippen LogP contribution in [0, 0.1) is 0 Å². The Morgan fingerprint density at radius 2 is 1.54 bits per heavy atom. The topological polar surface area (TPSA) is 123 Å². The third-order valence-corrected chi connectivity index (χ3v) is 7.10. The lowest BCUT2D eigenvalue weighted by Crippen LogP contribution is -2.50. The number of nitrogens with two attached hydrogens (primary N) is 1. The molecule has 3 amide bonds. The monoisotopic (exact) mass is 553 g/mol. The third kappa shape index (κ3) is 7.25. The van der Waals surface area contributed by atoms with Gasteiger partial charge in [0.15, 0.2) is 0 Å². The lowest BCUT2D eigenvalue weighted by molar-refractivity contribution is -0.145. The van der Waals surface area contributed by atoms with E-state index in [1.807, 2.05) is 92.7 Å². The van der Waals surface area contributed by atoms with Crippen molar-refractivity contribution in [1.29, 1.82) is 0 Å². The molecule has 9 heteroatoms. The van der Waals surface area contributed by atoms with Crippen LogP contribution in [0.3, 0.4) is 0 Å². The van der Waals surface area contributed by atoms with E-state index in [0.717, 1.165) is 27.5 Å². The molecule has 0 aliphatic rings. The first-order chi connectivity index (χ1) is 19.6. The molecule has 3 aromatic carbocycles. The molecule has 0 radical (unpaired) electrons. The van der Waals surface area contributed by atoms with Crippen molar-refractivity contribution in [3.05, 3.63) is 107 Å². The summed E-state index contributed by atoms with van der Waals surface area (Å²) in [5, 5.41) is 9.95. The lowest BCUT2D eigenvalue weighted by atomic mass is 9.98. The summed E-state index contributed by atoms with van der Waals surface area (Å²) < 4.78 is 5.59. The molecule has 0 unspecified atom stereocenters. The van der Waals surface area contributed by atoms with Crippen LogP contribution in [0.15, 0.2) is 88.9 Å². The van der Waals surface area contributed by atoms with E-state index in [4.69, 9.17) is 10.2 Å². The van der Waals surface area contributed by atoms with E-state index in [1.165, 1.54) is 9.80 Å². The quantitative estimate of drug-likeness (QED) is 0.273. The minimum Gasteiger partial charge on any atom is -0.415 e. The highest BCUT2D eigenvalue weighted by atomic mass is 16.4. The number of rotatable bonds is 11. The molecule has 0 aliphatic carbocycles. The SMILES string of the molecule is CC(C)=CCC(=O)N(C)[C@H](Cc1ccc2ccccc2c1)C(=O)N(C)[C@H](Cc1ccccc1)c1nnc(C(N)=O)o1. The second-order valence-electron chi connectivity index (χ2n) is 10.4. The summed E-state index contributed by atoms with van der Waals surface area (Å²) in [5.41, 5.74) is 8.21. The molecule has 1 aromatic heterocycles. The largest absolute Gasteiger partial charge is 0.415 e. The molecule has 4 rings (SSSR count). The van der Waals surface area contributed by atoms with Gasteiger partial charge in [-0.25, -0.2) is 0 Å². The van der Waals surface area contributed by atoms with Crippen molar-refractivity contribution in [2.24, 2.45) is 5.73 Å². The minimum absolute atomic E-state index is 0.0847. The molecule has 0 fully saturated rings. The van der Waals surface area contributed by atoms with E-state index in [1.54, 1.807) is 14.1 Å². The molecule has 0 aliphatic heterocycles. The number of amides is 3. The van der Waals surface area contributed by atoms with Crippen LogP contribution in [0.4, 0.5) is 0 Å². The molecule has 41 heavy (non-hydrogen) atoms. The maximum atomic E-state index is 14.3. The van der Waals surface area contributed by atoms with Crippen molar-refractivity contribution in [3.8, 4) is 0 Å². The second-order valence-corrected chi connectivity index (χ2v) is 10.4. The van der Waals surface area contributed by atoms with Crippen molar-refractivity contribution in [2.45, 2.75) is 45.2 Å². The number of benzene rings is 3. The number of nitrogens with zero attached hydrogens (tertiary/aromatic N) is 4. The van der Waals surface area contributed by atoms with Crippen molar-refractivity contribution < 1.29 is 18.8 Å². The lowest BCUT2D eigenvalue weighted by Gasteiger charge is -2.34. The van der Waals surface area contributed by atoms with Crippen molar-refractivity contribution in [1.82, 2.24) is 20.0 Å². The van der Waals surface area contributed by atoms with Crippen molar-refractivity contribution in [3.63, 3.8) is 0 Å². The molecular formula is C32H35N5O4. The smallest absolute Gasteiger partial charge is 0.306 e. The molecule has 1 heterocycles. The highest BCUT2D eigenvalue weighted by Crippen LogP contribution is 2.26. The van der Waals surface area contributed by atoms with Gasteiger partial charge in [-0.1, -0.05) is 84.4 Å². The van der Waals surface area contributed by atoms with Gasteiger partial charge in [0.05, 0.1) is 0 Å². The number of primary amides is 1. The van der Waals surface area contributed by atoms with E-state index >= 15 is 0 Å². The average Bonchev–Trinajstić information content (AvgIpc) is 3.47. The fraction of sp³-hybridized carbons (Fsp3) is 0.281. The summed E-state index contributed by atoms with van der Waals surface area (Å²) in [4.78, 5) is 42.2. The van der Waals surface area contributed by atoms with E-state index in [2.05, 4.69) is 10.2 Å². The van der Waals surface area contributed by atoms with E-state index in [-0.39, 0.29) is 30.0 Å². The van der Waals surface area contributed by atoms with Crippen LogP contribution in [0.5, 0.6) is 0 Å². The molecule has 4 aromatic rings. The van der Waals surface area contributed by atoms with Gasteiger partial charge in [0.1, 0.15) is 12.1 Å². The number of carbonyl (C=O) groups is 3. The average molecular weight is 554 g/mol. The van der Waals surface area contributed by atoms with Crippen LogP contribution >= 0.6 is 0 Å². The number of hydrogen-bond acceptors (Lipinski definition) is 6. The molecular weight excluding hydrogens is 518 g/mol. The molecule has 0 saturated heterocycles. The molecule has 0 spiro atoms. The number of allylic oxidation sites excluding steroid dienone is 1. The molecule has 2 N–H and O–H groups in total. The first-order valence-corrected chi connectivity index (χ1v) is 13.4. The molecule has 9 nitrogen and oxygen atoms in total. The van der Waals surface area contributed by atoms with Crippen LogP contribution in [-0.2, 0) is 22.4 Å². The Kier molecular flexibility index (Phi) is 9.29. The fourth-order valence-electron chi connectivity index (χ4n) is 4.67. The molecule has 212 valence electrons. The Morgan fingerprint density at radius 1 is 0.854 bits per heavy atom. The summed E-state index contributed by atoms with van der Waals surface area (Å²) in [5.74, 6) is -1.57. The first kappa shape index (κ1) is 29.2. The van der Waals surface area contributed by atoms with E-state index < -0.39 is 18.0 Å². The highest BCUT2D eigenvalue weighted by Gasteiger charge is 2.35. The van der Waals surface area contributed by atoms with Gasteiger partial charge in [-0.15, -0.1) is 10.2 Å².